The van der Waals surface area contributed by atoms with Gasteiger partial charge in [0.15, 0.2) is 0 Å². The quantitative estimate of drug-likeness (QED) is 0.842. The monoisotopic (exact) mass is 245 g/mol. The molecule has 1 aliphatic rings. The zero-order chi connectivity index (χ0) is 12.4. The van der Waals surface area contributed by atoms with Gasteiger partial charge in [0.2, 0.25) is 0 Å². The van der Waals surface area contributed by atoms with Crippen LogP contribution in [0, 0.1) is 0 Å². The Balaban J connectivity index is 1.74. The second-order valence-corrected chi connectivity index (χ2v) is 4.51. The molecule has 5 nitrogen and oxygen atoms in total. The molecule has 1 aliphatic heterocycles. The molecule has 5 heteroatoms. The van der Waals surface area contributed by atoms with E-state index in [4.69, 9.17) is 4.74 Å². The number of nitrogens with zero attached hydrogens (tertiary/aromatic N) is 1. The second kappa shape index (κ2) is 4.78. The number of fused-ring (bicyclic) bond motifs is 1. The fourth-order valence-electron chi connectivity index (χ4n) is 2.20. The summed E-state index contributed by atoms with van der Waals surface area (Å²) in [4.78, 5) is 19.2. The third-order valence-corrected chi connectivity index (χ3v) is 3.23. The number of H-pyrrole nitrogens is 1. The van der Waals surface area contributed by atoms with E-state index in [0.717, 1.165) is 37.0 Å². The lowest BCUT2D eigenvalue weighted by Gasteiger charge is -2.22. The molecule has 2 N–H and O–H groups in total. The molecule has 18 heavy (non-hydrogen) atoms. The molecule has 2 aromatic heterocycles. The SMILES string of the molecule is O=C(NC1CCOCC1)c1cc2ccncc2[nH]1. The number of nitrogens with one attached hydrogen (secondary N) is 2. The predicted molar refractivity (Wildman–Crippen MR) is 67.4 cm³/mol. The fraction of sp³-hybridized carbons (Fsp3) is 0.385. The van der Waals surface area contributed by atoms with Crippen LogP contribution in [0.4, 0.5) is 0 Å². The highest BCUT2D eigenvalue weighted by Crippen LogP contribution is 2.14. The van der Waals surface area contributed by atoms with Crippen molar-refractivity contribution in [1.82, 2.24) is 15.3 Å². The van der Waals surface area contributed by atoms with Gasteiger partial charge in [-0.15, -0.1) is 0 Å². The van der Waals surface area contributed by atoms with Crippen molar-refractivity contribution in [3.63, 3.8) is 0 Å². The maximum atomic E-state index is 12.1. The Morgan fingerprint density at radius 2 is 2.28 bits per heavy atom. The van der Waals surface area contributed by atoms with E-state index in [2.05, 4.69) is 15.3 Å². The Hall–Kier alpha value is -1.88. The van der Waals surface area contributed by atoms with Gasteiger partial charge in [-0.2, -0.15) is 0 Å². The maximum Gasteiger partial charge on any atom is 0.267 e. The van der Waals surface area contributed by atoms with Gasteiger partial charge in [0, 0.05) is 30.8 Å². The highest BCUT2D eigenvalue weighted by atomic mass is 16.5. The molecule has 2 aromatic rings. The van der Waals surface area contributed by atoms with Crippen LogP contribution in [0.5, 0.6) is 0 Å². The number of amides is 1. The molecular weight excluding hydrogens is 230 g/mol. The minimum absolute atomic E-state index is 0.0573. The Kier molecular flexibility index (Phi) is 2.98. The first kappa shape index (κ1) is 11.2. The number of hydrogen-bond acceptors (Lipinski definition) is 3. The summed E-state index contributed by atoms with van der Waals surface area (Å²) in [6.07, 6.45) is 5.21. The molecule has 1 fully saturated rings. The summed E-state index contributed by atoms with van der Waals surface area (Å²) >= 11 is 0. The van der Waals surface area contributed by atoms with Crippen LogP contribution >= 0.6 is 0 Å². The molecule has 0 aliphatic carbocycles. The zero-order valence-electron chi connectivity index (χ0n) is 9.98. The number of pyridine rings is 1. The van der Waals surface area contributed by atoms with Gasteiger partial charge in [0.1, 0.15) is 5.69 Å². The molecule has 0 unspecified atom stereocenters. The molecule has 94 valence electrons. The maximum absolute atomic E-state index is 12.1. The molecule has 0 atom stereocenters. The van der Waals surface area contributed by atoms with E-state index in [1.165, 1.54) is 0 Å². The van der Waals surface area contributed by atoms with Crippen molar-refractivity contribution in [3.05, 3.63) is 30.2 Å². The summed E-state index contributed by atoms with van der Waals surface area (Å²) in [5.41, 5.74) is 1.47. The average Bonchev–Trinajstić information content (AvgIpc) is 2.84. The Morgan fingerprint density at radius 3 is 3.06 bits per heavy atom. The number of aromatic nitrogens is 2. The molecule has 1 amide bonds. The van der Waals surface area contributed by atoms with Gasteiger partial charge in [0.05, 0.1) is 11.7 Å². The first-order valence-corrected chi connectivity index (χ1v) is 6.14. The molecule has 0 radical (unpaired) electrons. The summed E-state index contributed by atoms with van der Waals surface area (Å²) in [5, 5.41) is 4.03. The van der Waals surface area contributed by atoms with E-state index in [1.54, 1.807) is 12.4 Å². The molecule has 0 spiro atoms. The van der Waals surface area contributed by atoms with Gasteiger partial charge in [-0.3, -0.25) is 9.78 Å². The summed E-state index contributed by atoms with van der Waals surface area (Å²) in [6.45, 7) is 1.45. The van der Waals surface area contributed by atoms with Crippen LogP contribution in [0.3, 0.4) is 0 Å². The molecule has 3 heterocycles. The van der Waals surface area contributed by atoms with Crippen LogP contribution < -0.4 is 5.32 Å². The van der Waals surface area contributed by atoms with E-state index in [0.29, 0.717) is 5.69 Å². The largest absolute Gasteiger partial charge is 0.381 e. The average molecular weight is 245 g/mol. The van der Waals surface area contributed by atoms with Crippen LogP contribution in [0.15, 0.2) is 24.5 Å². The van der Waals surface area contributed by atoms with Crippen molar-refractivity contribution in [2.24, 2.45) is 0 Å². The molecule has 1 saturated heterocycles. The van der Waals surface area contributed by atoms with Crippen molar-refractivity contribution in [3.8, 4) is 0 Å². The van der Waals surface area contributed by atoms with Crippen LogP contribution in [0.1, 0.15) is 23.3 Å². The second-order valence-electron chi connectivity index (χ2n) is 4.51. The number of carbonyl (C=O) groups excluding carboxylic acids is 1. The van der Waals surface area contributed by atoms with Gasteiger partial charge in [-0.25, -0.2) is 0 Å². The lowest BCUT2D eigenvalue weighted by atomic mass is 10.1. The van der Waals surface area contributed by atoms with Crippen LogP contribution in [-0.2, 0) is 4.74 Å². The normalized spacial score (nSPS) is 16.9. The predicted octanol–water partition coefficient (Wildman–Crippen LogP) is 1.47. The van der Waals surface area contributed by atoms with Crippen molar-refractivity contribution in [2.75, 3.05) is 13.2 Å². The summed E-state index contributed by atoms with van der Waals surface area (Å²) in [6, 6.07) is 3.96. The van der Waals surface area contributed by atoms with Crippen molar-refractivity contribution in [1.29, 1.82) is 0 Å². The van der Waals surface area contributed by atoms with Gasteiger partial charge >= 0.3 is 0 Å². The van der Waals surface area contributed by atoms with Gasteiger partial charge in [0.25, 0.3) is 5.91 Å². The molecule has 0 aromatic carbocycles. The van der Waals surface area contributed by atoms with E-state index in [1.807, 2.05) is 12.1 Å². The molecular formula is C13H15N3O2. The summed E-state index contributed by atoms with van der Waals surface area (Å²) in [7, 11) is 0. The number of carbonyl (C=O) groups is 1. The topological polar surface area (TPSA) is 67.0 Å². The fourth-order valence-corrected chi connectivity index (χ4v) is 2.20. The van der Waals surface area contributed by atoms with Crippen molar-refractivity contribution < 1.29 is 9.53 Å². The first-order chi connectivity index (χ1) is 8.83. The van der Waals surface area contributed by atoms with Crippen LogP contribution in [0.25, 0.3) is 10.9 Å². The van der Waals surface area contributed by atoms with E-state index < -0.39 is 0 Å². The summed E-state index contributed by atoms with van der Waals surface area (Å²) in [5.74, 6) is -0.0573. The Bertz CT molecular complexity index is 525. The number of hydrogen-bond donors (Lipinski definition) is 2. The standard InChI is InChI=1S/C13H15N3O2/c17-13(15-10-2-5-18-6-3-10)11-7-9-1-4-14-8-12(9)16-11/h1,4,7-8,10,16H,2-3,5-6H2,(H,15,17). The third kappa shape index (κ3) is 2.22. The van der Waals surface area contributed by atoms with Gasteiger partial charge < -0.3 is 15.0 Å². The highest BCUT2D eigenvalue weighted by Gasteiger charge is 2.17. The zero-order valence-corrected chi connectivity index (χ0v) is 9.98. The highest BCUT2D eigenvalue weighted by molar-refractivity contribution is 5.97. The lowest BCUT2D eigenvalue weighted by molar-refractivity contribution is 0.0694. The minimum atomic E-state index is -0.0573. The van der Waals surface area contributed by atoms with E-state index in [9.17, 15) is 4.79 Å². The van der Waals surface area contributed by atoms with E-state index >= 15 is 0 Å². The third-order valence-electron chi connectivity index (χ3n) is 3.23. The van der Waals surface area contributed by atoms with Crippen molar-refractivity contribution >= 4 is 16.8 Å². The number of rotatable bonds is 2. The molecule has 0 bridgehead atoms. The van der Waals surface area contributed by atoms with E-state index in [-0.39, 0.29) is 11.9 Å². The molecule has 3 rings (SSSR count). The van der Waals surface area contributed by atoms with Crippen LogP contribution in [-0.4, -0.2) is 35.1 Å². The lowest BCUT2D eigenvalue weighted by Crippen LogP contribution is -2.39. The van der Waals surface area contributed by atoms with Gasteiger partial charge in [-0.1, -0.05) is 0 Å². The van der Waals surface area contributed by atoms with Crippen LogP contribution in [0.2, 0.25) is 0 Å². The molecule has 0 saturated carbocycles. The Labute approximate surface area is 105 Å². The smallest absolute Gasteiger partial charge is 0.267 e. The minimum Gasteiger partial charge on any atom is -0.381 e. The van der Waals surface area contributed by atoms with Gasteiger partial charge in [-0.05, 0) is 25.0 Å². The first-order valence-electron chi connectivity index (χ1n) is 6.14. The van der Waals surface area contributed by atoms with Crippen molar-refractivity contribution in [2.45, 2.75) is 18.9 Å². The summed E-state index contributed by atoms with van der Waals surface area (Å²) < 4.78 is 5.27. The number of ether oxygens (including phenoxy) is 1. The Morgan fingerprint density at radius 1 is 1.44 bits per heavy atom. The number of aromatic amines is 1.